The molecule has 114 valence electrons. The van der Waals surface area contributed by atoms with Crippen LogP contribution in [0, 0.1) is 0 Å². The fourth-order valence-corrected chi connectivity index (χ4v) is 2.91. The lowest BCUT2D eigenvalue weighted by Gasteiger charge is -2.23. The molecule has 0 spiro atoms. The van der Waals surface area contributed by atoms with Crippen LogP contribution in [-0.4, -0.2) is 42.0 Å². The molecule has 0 aliphatic carbocycles. The zero-order valence-corrected chi connectivity index (χ0v) is 11.9. The number of hydrogen-bond acceptors (Lipinski definition) is 4. The summed E-state index contributed by atoms with van der Waals surface area (Å²) in [5.74, 6) is 0.605. The molecular formula is C15H20N2O4. The molecule has 2 saturated heterocycles. The molecule has 2 fully saturated rings. The molecule has 2 atom stereocenters. The Morgan fingerprint density at radius 1 is 1.43 bits per heavy atom. The van der Waals surface area contributed by atoms with Crippen molar-refractivity contribution in [3.05, 3.63) is 24.2 Å². The first-order valence-corrected chi connectivity index (χ1v) is 7.45. The van der Waals surface area contributed by atoms with E-state index >= 15 is 0 Å². The average Bonchev–Trinajstić information content (AvgIpc) is 3.21. The second kappa shape index (κ2) is 6.30. The van der Waals surface area contributed by atoms with Gasteiger partial charge < -0.3 is 19.4 Å². The van der Waals surface area contributed by atoms with Crippen LogP contribution in [0.5, 0.6) is 0 Å². The van der Waals surface area contributed by atoms with Crippen molar-refractivity contribution in [3.8, 4) is 0 Å². The molecule has 0 unspecified atom stereocenters. The highest BCUT2D eigenvalue weighted by Gasteiger charge is 2.36. The normalized spacial score (nSPS) is 25.5. The van der Waals surface area contributed by atoms with E-state index in [1.807, 2.05) is 6.07 Å². The summed E-state index contributed by atoms with van der Waals surface area (Å²) in [4.78, 5) is 25.9. The summed E-state index contributed by atoms with van der Waals surface area (Å²) in [5, 5.41) is 2.91. The highest BCUT2D eigenvalue weighted by Crippen LogP contribution is 2.22. The van der Waals surface area contributed by atoms with Gasteiger partial charge >= 0.3 is 0 Å². The lowest BCUT2D eigenvalue weighted by atomic mass is 10.2. The maximum absolute atomic E-state index is 12.3. The molecule has 6 heteroatoms. The molecular weight excluding hydrogens is 272 g/mol. The molecule has 0 bridgehead atoms. The standard InChI is InChI=1S/C15H20N2O4/c18-14-6-5-13(17(14)10-12-4-2-8-21-12)15(19)16-9-11-3-1-7-20-11/h2,4,8,11,13H,1,3,5-7,9-10H2,(H,16,19)/t11-,13+/m1/s1. The Morgan fingerprint density at radius 2 is 2.33 bits per heavy atom. The maximum atomic E-state index is 12.3. The molecule has 3 rings (SSSR count). The molecule has 21 heavy (non-hydrogen) atoms. The van der Waals surface area contributed by atoms with Crippen LogP contribution < -0.4 is 5.32 Å². The number of carbonyl (C=O) groups excluding carboxylic acids is 2. The van der Waals surface area contributed by atoms with Gasteiger partial charge in [0.05, 0.1) is 18.9 Å². The first-order valence-electron chi connectivity index (χ1n) is 7.45. The average molecular weight is 292 g/mol. The van der Waals surface area contributed by atoms with Crippen LogP contribution in [-0.2, 0) is 20.9 Å². The van der Waals surface area contributed by atoms with Crippen LogP contribution in [0.4, 0.5) is 0 Å². The van der Waals surface area contributed by atoms with Crippen molar-refractivity contribution in [1.82, 2.24) is 10.2 Å². The van der Waals surface area contributed by atoms with Crippen LogP contribution in [0.15, 0.2) is 22.8 Å². The first kappa shape index (κ1) is 14.1. The van der Waals surface area contributed by atoms with E-state index in [1.54, 1.807) is 17.2 Å². The Kier molecular flexibility index (Phi) is 4.24. The number of furan rings is 1. The Bertz CT molecular complexity index is 494. The highest BCUT2D eigenvalue weighted by atomic mass is 16.5. The van der Waals surface area contributed by atoms with Gasteiger partial charge in [-0.3, -0.25) is 9.59 Å². The monoisotopic (exact) mass is 292 g/mol. The van der Waals surface area contributed by atoms with Crippen LogP contribution in [0.1, 0.15) is 31.4 Å². The van der Waals surface area contributed by atoms with E-state index in [0.29, 0.717) is 31.7 Å². The van der Waals surface area contributed by atoms with Crippen LogP contribution >= 0.6 is 0 Å². The smallest absolute Gasteiger partial charge is 0.242 e. The number of carbonyl (C=O) groups is 2. The molecule has 2 aliphatic rings. The number of hydrogen-bond donors (Lipinski definition) is 1. The van der Waals surface area contributed by atoms with Crippen molar-refractivity contribution >= 4 is 11.8 Å². The van der Waals surface area contributed by atoms with Gasteiger partial charge in [0.25, 0.3) is 0 Å². The van der Waals surface area contributed by atoms with Crippen molar-refractivity contribution in [2.75, 3.05) is 13.2 Å². The van der Waals surface area contributed by atoms with E-state index in [1.165, 1.54) is 0 Å². The number of nitrogens with zero attached hydrogens (tertiary/aromatic N) is 1. The predicted molar refractivity (Wildman–Crippen MR) is 74.3 cm³/mol. The third kappa shape index (κ3) is 3.26. The second-order valence-corrected chi connectivity index (χ2v) is 5.54. The van der Waals surface area contributed by atoms with Gasteiger partial charge in [0, 0.05) is 19.6 Å². The Labute approximate surface area is 123 Å². The minimum Gasteiger partial charge on any atom is -0.467 e. The van der Waals surface area contributed by atoms with Crippen LogP contribution in [0.3, 0.4) is 0 Å². The number of amides is 2. The molecule has 0 aromatic carbocycles. The molecule has 0 saturated carbocycles. The van der Waals surface area contributed by atoms with Gasteiger partial charge in [-0.25, -0.2) is 0 Å². The summed E-state index contributed by atoms with van der Waals surface area (Å²) < 4.78 is 10.8. The first-order chi connectivity index (χ1) is 10.2. The number of nitrogens with one attached hydrogen (secondary N) is 1. The van der Waals surface area contributed by atoms with Gasteiger partial charge in [-0.05, 0) is 31.4 Å². The van der Waals surface area contributed by atoms with Crippen molar-refractivity contribution in [2.24, 2.45) is 0 Å². The van der Waals surface area contributed by atoms with Gasteiger partial charge in [0.1, 0.15) is 11.8 Å². The van der Waals surface area contributed by atoms with E-state index in [9.17, 15) is 9.59 Å². The van der Waals surface area contributed by atoms with Gasteiger partial charge in [0.15, 0.2) is 0 Å². The fourth-order valence-electron chi connectivity index (χ4n) is 2.91. The lowest BCUT2D eigenvalue weighted by molar-refractivity contribution is -0.136. The van der Waals surface area contributed by atoms with E-state index < -0.39 is 6.04 Å². The van der Waals surface area contributed by atoms with Crippen molar-refractivity contribution in [1.29, 1.82) is 0 Å². The molecule has 2 aliphatic heterocycles. The van der Waals surface area contributed by atoms with Crippen molar-refractivity contribution in [3.63, 3.8) is 0 Å². The molecule has 3 heterocycles. The lowest BCUT2D eigenvalue weighted by Crippen LogP contribution is -2.46. The van der Waals surface area contributed by atoms with E-state index in [0.717, 1.165) is 19.4 Å². The minimum atomic E-state index is -0.399. The number of likely N-dealkylation sites (tertiary alicyclic amines) is 1. The number of rotatable bonds is 5. The van der Waals surface area contributed by atoms with Crippen molar-refractivity contribution in [2.45, 2.75) is 44.4 Å². The van der Waals surface area contributed by atoms with E-state index in [2.05, 4.69) is 5.32 Å². The molecule has 0 radical (unpaired) electrons. The van der Waals surface area contributed by atoms with E-state index in [4.69, 9.17) is 9.15 Å². The highest BCUT2D eigenvalue weighted by molar-refractivity contribution is 5.90. The zero-order valence-electron chi connectivity index (χ0n) is 11.9. The largest absolute Gasteiger partial charge is 0.467 e. The SMILES string of the molecule is O=C(NC[C@H]1CCCO1)[C@@H]1CCC(=O)N1Cc1ccco1. The second-order valence-electron chi connectivity index (χ2n) is 5.54. The van der Waals surface area contributed by atoms with Crippen LogP contribution in [0.25, 0.3) is 0 Å². The molecule has 1 aromatic rings. The third-order valence-corrected chi connectivity index (χ3v) is 4.07. The van der Waals surface area contributed by atoms with Crippen LogP contribution in [0.2, 0.25) is 0 Å². The molecule has 6 nitrogen and oxygen atoms in total. The van der Waals surface area contributed by atoms with Gasteiger partial charge in [-0.2, -0.15) is 0 Å². The minimum absolute atomic E-state index is 0.00339. The zero-order chi connectivity index (χ0) is 14.7. The summed E-state index contributed by atoms with van der Waals surface area (Å²) in [7, 11) is 0. The van der Waals surface area contributed by atoms with E-state index in [-0.39, 0.29) is 17.9 Å². The Hall–Kier alpha value is -1.82. The molecule has 1 N–H and O–H groups in total. The Morgan fingerprint density at radius 3 is 3.05 bits per heavy atom. The number of ether oxygens (including phenoxy) is 1. The molecule has 2 amide bonds. The topological polar surface area (TPSA) is 71.8 Å². The summed E-state index contributed by atoms with van der Waals surface area (Å²) in [6.45, 7) is 1.65. The molecule has 1 aromatic heterocycles. The van der Waals surface area contributed by atoms with Gasteiger partial charge in [-0.1, -0.05) is 0 Å². The summed E-state index contributed by atoms with van der Waals surface area (Å²) >= 11 is 0. The summed E-state index contributed by atoms with van der Waals surface area (Å²) in [6.07, 6.45) is 4.70. The summed E-state index contributed by atoms with van der Waals surface area (Å²) in [6, 6.07) is 3.19. The maximum Gasteiger partial charge on any atom is 0.242 e. The Balaban J connectivity index is 1.56. The summed E-state index contributed by atoms with van der Waals surface area (Å²) in [5.41, 5.74) is 0. The predicted octanol–water partition coefficient (Wildman–Crippen LogP) is 1.07. The van der Waals surface area contributed by atoms with Gasteiger partial charge in [-0.15, -0.1) is 0 Å². The van der Waals surface area contributed by atoms with Gasteiger partial charge in [0.2, 0.25) is 11.8 Å². The quantitative estimate of drug-likeness (QED) is 0.881. The van der Waals surface area contributed by atoms with Crippen molar-refractivity contribution < 1.29 is 18.7 Å². The fraction of sp³-hybridized carbons (Fsp3) is 0.600. The third-order valence-electron chi connectivity index (χ3n) is 4.07.